The third kappa shape index (κ3) is 2.70. The number of nitrogens with zero attached hydrogens (tertiary/aromatic N) is 3. The van der Waals surface area contributed by atoms with Crippen molar-refractivity contribution >= 4 is 33.0 Å². The van der Waals surface area contributed by atoms with Crippen LogP contribution in [0.4, 0.5) is 0 Å². The normalized spacial score (nSPS) is 18.8. The van der Waals surface area contributed by atoms with Crippen LogP contribution in [0, 0.1) is 0 Å². The summed E-state index contributed by atoms with van der Waals surface area (Å²) in [5.41, 5.74) is 1.97. The highest BCUT2D eigenvalue weighted by Crippen LogP contribution is 2.30. The largest absolute Gasteiger partial charge is 0.244 e. The van der Waals surface area contributed by atoms with Crippen LogP contribution >= 0.6 is 23.1 Å². The molecule has 0 saturated heterocycles. The average molecular weight is 330 g/mol. The van der Waals surface area contributed by atoms with E-state index in [-0.39, 0.29) is 11.0 Å². The first-order valence-corrected chi connectivity index (χ1v) is 9.02. The van der Waals surface area contributed by atoms with Gasteiger partial charge in [0.2, 0.25) is 0 Å². The second kappa shape index (κ2) is 5.38. The lowest BCUT2D eigenvalue weighted by atomic mass is 9.93. The van der Waals surface area contributed by atoms with E-state index >= 15 is 0 Å². The Morgan fingerprint density at radius 1 is 1.40 bits per heavy atom. The molecule has 20 heavy (non-hydrogen) atoms. The molecule has 0 N–H and O–H groups in total. The van der Waals surface area contributed by atoms with Crippen molar-refractivity contribution in [1.82, 2.24) is 14.3 Å². The maximum absolute atomic E-state index is 12.4. The van der Waals surface area contributed by atoms with Crippen molar-refractivity contribution in [3.05, 3.63) is 39.9 Å². The molecule has 1 aliphatic carbocycles. The molecule has 0 fully saturated rings. The number of rotatable bonds is 3. The minimum atomic E-state index is -3.22. The van der Waals surface area contributed by atoms with Gasteiger partial charge in [-0.15, -0.1) is 0 Å². The molecule has 2 heterocycles. The van der Waals surface area contributed by atoms with Crippen molar-refractivity contribution in [3.8, 4) is 0 Å². The summed E-state index contributed by atoms with van der Waals surface area (Å²) in [5.74, 6) is -0.0313. The highest BCUT2D eigenvalue weighted by Gasteiger charge is 2.31. The number of pyridine rings is 1. The van der Waals surface area contributed by atoms with E-state index in [0.29, 0.717) is 29.4 Å². The Morgan fingerprint density at radius 2 is 2.25 bits per heavy atom. The summed E-state index contributed by atoms with van der Waals surface area (Å²) in [7, 11) is -3.22. The molecule has 0 aromatic carbocycles. The molecule has 1 atom stereocenters. The second-order valence-electron chi connectivity index (χ2n) is 4.75. The molecule has 106 valence electrons. The topological polar surface area (TPSA) is 72.8 Å². The van der Waals surface area contributed by atoms with Gasteiger partial charge in [0.05, 0.1) is 5.25 Å². The highest BCUT2D eigenvalue weighted by atomic mass is 35.5. The summed E-state index contributed by atoms with van der Waals surface area (Å²) in [5, 5.41) is 0.656. The van der Waals surface area contributed by atoms with Crippen molar-refractivity contribution in [3.63, 3.8) is 0 Å². The quantitative estimate of drug-likeness (QED) is 0.806. The van der Waals surface area contributed by atoms with Gasteiger partial charge in [-0.3, -0.25) is 0 Å². The standard InChI is InChI=1S/C12H12ClN3O2S2/c13-12-10-2-1-9(5-8(10)3-4-14-12)20(17,18)6-11-15-7-16-19-11/h3-4,7,9H,1-2,5-6H2. The van der Waals surface area contributed by atoms with E-state index in [1.165, 1.54) is 6.33 Å². The number of halogens is 1. The molecule has 1 unspecified atom stereocenters. The molecular formula is C12H12ClN3O2S2. The first kappa shape index (κ1) is 13.9. The maximum atomic E-state index is 12.4. The van der Waals surface area contributed by atoms with Gasteiger partial charge in [0.15, 0.2) is 9.84 Å². The number of aromatic nitrogens is 3. The number of fused-ring (bicyclic) bond motifs is 1. The van der Waals surface area contributed by atoms with E-state index in [9.17, 15) is 8.42 Å². The van der Waals surface area contributed by atoms with Gasteiger partial charge in [-0.1, -0.05) is 11.6 Å². The highest BCUT2D eigenvalue weighted by molar-refractivity contribution is 7.91. The monoisotopic (exact) mass is 329 g/mol. The molecule has 1 aliphatic rings. The van der Waals surface area contributed by atoms with Crippen LogP contribution in [0.15, 0.2) is 18.6 Å². The van der Waals surface area contributed by atoms with Crippen LogP contribution in [0.3, 0.4) is 0 Å². The van der Waals surface area contributed by atoms with Crippen molar-refractivity contribution in [2.75, 3.05) is 0 Å². The van der Waals surface area contributed by atoms with E-state index in [2.05, 4.69) is 14.3 Å². The molecule has 0 saturated carbocycles. The van der Waals surface area contributed by atoms with Crippen molar-refractivity contribution in [2.24, 2.45) is 0 Å². The SMILES string of the molecule is O=S(=O)(Cc1ncns1)C1CCc2c(ccnc2Cl)C1. The minimum Gasteiger partial charge on any atom is -0.244 e. The molecular weight excluding hydrogens is 318 g/mol. The van der Waals surface area contributed by atoms with Crippen LogP contribution < -0.4 is 0 Å². The Hall–Kier alpha value is -1.05. The molecule has 2 aromatic rings. The number of hydrogen-bond donors (Lipinski definition) is 0. The Bertz CT molecular complexity index is 716. The minimum absolute atomic E-state index is 0.0313. The molecule has 8 heteroatoms. The summed E-state index contributed by atoms with van der Waals surface area (Å²) in [6.45, 7) is 0. The zero-order valence-corrected chi connectivity index (χ0v) is 12.9. The van der Waals surface area contributed by atoms with E-state index in [1.54, 1.807) is 6.20 Å². The van der Waals surface area contributed by atoms with E-state index < -0.39 is 9.84 Å². The predicted molar refractivity (Wildman–Crippen MR) is 77.6 cm³/mol. The van der Waals surface area contributed by atoms with Crippen LogP contribution in [-0.4, -0.2) is 28.0 Å². The molecule has 0 spiro atoms. The number of hydrogen-bond acceptors (Lipinski definition) is 6. The van der Waals surface area contributed by atoms with E-state index in [1.807, 2.05) is 6.07 Å². The lowest BCUT2D eigenvalue weighted by molar-refractivity contribution is 0.560. The van der Waals surface area contributed by atoms with Gasteiger partial charge in [-0.05, 0) is 48.0 Å². The molecule has 0 radical (unpaired) electrons. The van der Waals surface area contributed by atoms with E-state index in [0.717, 1.165) is 22.7 Å². The fourth-order valence-electron chi connectivity index (χ4n) is 2.47. The summed E-state index contributed by atoms with van der Waals surface area (Å²) < 4.78 is 28.7. The third-order valence-corrected chi connectivity index (χ3v) is 6.77. The predicted octanol–water partition coefficient (Wildman–Crippen LogP) is 2.06. The first-order valence-electron chi connectivity index (χ1n) is 6.15. The van der Waals surface area contributed by atoms with Crippen LogP contribution in [0.1, 0.15) is 22.6 Å². The Morgan fingerprint density at radius 3 is 3.00 bits per heavy atom. The molecule has 2 aromatic heterocycles. The van der Waals surface area contributed by atoms with Gasteiger partial charge in [0.25, 0.3) is 0 Å². The van der Waals surface area contributed by atoms with Gasteiger partial charge < -0.3 is 0 Å². The Labute approximate surface area is 126 Å². The Kier molecular flexibility index (Phi) is 3.74. The molecule has 0 bridgehead atoms. The average Bonchev–Trinajstić information content (AvgIpc) is 2.91. The second-order valence-corrected chi connectivity index (χ2v) is 8.25. The van der Waals surface area contributed by atoms with Gasteiger partial charge in [0.1, 0.15) is 22.2 Å². The molecule has 0 amide bonds. The fourth-order valence-corrected chi connectivity index (χ4v) is 5.32. The lowest BCUT2D eigenvalue weighted by Gasteiger charge is -2.24. The van der Waals surface area contributed by atoms with Crippen molar-refractivity contribution in [2.45, 2.75) is 30.3 Å². The number of sulfone groups is 1. The summed E-state index contributed by atoms with van der Waals surface area (Å²) >= 11 is 7.17. The fraction of sp³-hybridized carbons (Fsp3) is 0.417. The zero-order chi connectivity index (χ0) is 14.2. The van der Waals surface area contributed by atoms with Crippen molar-refractivity contribution in [1.29, 1.82) is 0 Å². The summed E-state index contributed by atoms with van der Waals surface area (Å²) in [6.07, 6.45) is 4.75. The van der Waals surface area contributed by atoms with Crippen LogP contribution in [-0.2, 0) is 28.4 Å². The van der Waals surface area contributed by atoms with Gasteiger partial charge in [-0.2, -0.15) is 4.37 Å². The molecule has 5 nitrogen and oxygen atoms in total. The van der Waals surface area contributed by atoms with Crippen LogP contribution in [0.5, 0.6) is 0 Å². The van der Waals surface area contributed by atoms with Gasteiger partial charge >= 0.3 is 0 Å². The Balaban J connectivity index is 1.83. The third-order valence-electron chi connectivity index (χ3n) is 3.50. The van der Waals surface area contributed by atoms with Crippen LogP contribution in [0.2, 0.25) is 5.15 Å². The van der Waals surface area contributed by atoms with E-state index in [4.69, 9.17) is 11.6 Å². The maximum Gasteiger partial charge on any atom is 0.160 e. The molecule has 3 rings (SSSR count). The molecule has 0 aliphatic heterocycles. The van der Waals surface area contributed by atoms with Crippen molar-refractivity contribution < 1.29 is 8.42 Å². The van der Waals surface area contributed by atoms with Gasteiger partial charge in [-0.25, -0.2) is 18.4 Å². The van der Waals surface area contributed by atoms with Crippen LogP contribution in [0.25, 0.3) is 0 Å². The van der Waals surface area contributed by atoms with Gasteiger partial charge in [0, 0.05) is 6.20 Å². The smallest absolute Gasteiger partial charge is 0.160 e. The summed E-state index contributed by atoms with van der Waals surface area (Å²) in [6, 6.07) is 1.86. The zero-order valence-electron chi connectivity index (χ0n) is 10.5. The summed E-state index contributed by atoms with van der Waals surface area (Å²) in [4.78, 5) is 7.99. The first-order chi connectivity index (χ1) is 9.56. The lowest BCUT2D eigenvalue weighted by Crippen LogP contribution is -2.29.